The Morgan fingerprint density at radius 1 is 1.18 bits per heavy atom. The minimum Gasteiger partial charge on any atom is -0.465 e. The molecule has 2 fully saturated rings. The van der Waals surface area contributed by atoms with Gasteiger partial charge >= 0.3 is 5.97 Å². The summed E-state index contributed by atoms with van der Waals surface area (Å²) < 4.78 is 16.1. The van der Waals surface area contributed by atoms with Gasteiger partial charge in [0.25, 0.3) is 0 Å². The van der Waals surface area contributed by atoms with Gasteiger partial charge in [-0.1, -0.05) is 30.3 Å². The number of fused-ring (bicyclic) bond motifs is 1. The monoisotopic (exact) mass is 390 g/mol. The van der Waals surface area contributed by atoms with E-state index in [-0.39, 0.29) is 18.9 Å². The smallest absolute Gasteiger partial charge is 0.327 e. The lowest BCUT2D eigenvalue weighted by Gasteiger charge is -2.33. The molecule has 2 aliphatic heterocycles. The summed E-state index contributed by atoms with van der Waals surface area (Å²) in [7, 11) is 4.35. The van der Waals surface area contributed by atoms with Crippen LogP contribution in [0.15, 0.2) is 30.3 Å². The van der Waals surface area contributed by atoms with Crippen LogP contribution in [0.2, 0.25) is 0 Å². The predicted octanol–water partition coefficient (Wildman–Crippen LogP) is 0.353. The minimum atomic E-state index is -1.39. The Balaban J connectivity index is 2.12. The number of hydrogen-bond acceptors (Lipinski definition) is 7. The standard InChI is InChI=1S/C20H26N2O6/c1-5-28-19(25)20(11-12-9-7-6-8-10-12)14-13(16(23)22(2)17(14)24)15(21-20)18(26-3)27-4/h6-10,13-15,18,21H,5,11H2,1-4H3/t13-,14-,15+,20-/m1/s1. The van der Waals surface area contributed by atoms with Crippen LogP contribution in [0.25, 0.3) is 0 Å². The topological polar surface area (TPSA) is 94.2 Å². The molecule has 0 bridgehead atoms. The second-order valence-electron chi connectivity index (χ2n) is 7.10. The van der Waals surface area contributed by atoms with Crippen LogP contribution in [0.5, 0.6) is 0 Å². The van der Waals surface area contributed by atoms with Gasteiger partial charge in [-0.15, -0.1) is 0 Å². The summed E-state index contributed by atoms with van der Waals surface area (Å²) in [4.78, 5) is 40.2. The molecule has 8 nitrogen and oxygen atoms in total. The van der Waals surface area contributed by atoms with E-state index in [0.717, 1.165) is 10.5 Å². The summed E-state index contributed by atoms with van der Waals surface area (Å²) in [5, 5.41) is 3.23. The number of benzene rings is 1. The summed E-state index contributed by atoms with van der Waals surface area (Å²) >= 11 is 0. The highest BCUT2D eigenvalue weighted by Crippen LogP contribution is 2.46. The number of hydrogen-bond donors (Lipinski definition) is 1. The second-order valence-corrected chi connectivity index (χ2v) is 7.10. The van der Waals surface area contributed by atoms with Gasteiger partial charge in [-0.3, -0.25) is 24.6 Å². The highest BCUT2D eigenvalue weighted by Gasteiger charge is 2.69. The number of methoxy groups -OCH3 is 2. The van der Waals surface area contributed by atoms with Crippen molar-refractivity contribution in [1.29, 1.82) is 0 Å². The van der Waals surface area contributed by atoms with Crippen molar-refractivity contribution >= 4 is 17.8 Å². The fraction of sp³-hybridized carbons (Fsp3) is 0.550. The Morgan fingerprint density at radius 2 is 1.82 bits per heavy atom. The van der Waals surface area contributed by atoms with Gasteiger partial charge in [0, 0.05) is 27.7 Å². The van der Waals surface area contributed by atoms with Crippen LogP contribution in [-0.4, -0.2) is 68.4 Å². The molecule has 0 unspecified atom stereocenters. The van der Waals surface area contributed by atoms with E-state index < -0.39 is 41.6 Å². The quantitative estimate of drug-likeness (QED) is 0.408. The average molecular weight is 390 g/mol. The summed E-state index contributed by atoms with van der Waals surface area (Å²) in [6.07, 6.45) is -0.597. The number of ether oxygens (including phenoxy) is 3. The third kappa shape index (κ3) is 3.11. The summed E-state index contributed by atoms with van der Waals surface area (Å²) in [6.45, 7) is 1.87. The predicted molar refractivity (Wildman–Crippen MR) is 99.0 cm³/mol. The number of carbonyl (C=O) groups excluding carboxylic acids is 3. The van der Waals surface area contributed by atoms with Crippen LogP contribution >= 0.6 is 0 Å². The molecule has 2 amide bonds. The molecule has 0 saturated carbocycles. The highest BCUT2D eigenvalue weighted by molar-refractivity contribution is 6.09. The summed E-state index contributed by atoms with van der Waals surface area (Å²) in [6, 6.07) is 8.67. The van der Waals surface area contributed by atoms with Crippen molar-refractivity contribution in [3.63, 3.8) is 0 Å². The van der Waals surface area contributed by atoms with Gasteiger partial charge in [-0.05, 0) is 12.5 Å². The molecule has 8 heteroatoms. The molecule has 0 aromatic heterocycles. The van der Waals surface area contributed by atoms with Crippen molar-refractivity contribution in [3.05, 3.63) is 35.9 Å². The van der Waals surface area contributed by atoms with E-state index in [4.69, 9.17) is 14.2 Å². The van der Waals surface area contributed by atoms with Crippen LogP contribution in [-0.2, 0) is 35.0 Å². The maximum absolute atomic E-state index is 13.2. The number of nitrogens with zero attached hydrogens (tertiary/aromatic N) is 1. The number of imide groups is 1. The van der Waals surface area contributed by atoms with Gasteiger partial charge in [0.05, 0.1) is 24.5 Å². The molecule has 1 aromatic rings. The molecule has 2 aliphatic rings. The van der Waals surface area contributed by atoms with Crippen molar-refractivity contribution in [1.82, 2.24) is 10.2 Å². The third-order valence-electron chi connectivity index (χ3n) is 5.64. The molecule has 2 saturated heterocycles. The molecule has 0 spiro atoms. The fourth-order valence-corrected chi connectivity index (χ4v) is 4.42. The lowest BCUT2D eigenvalue weighted by atomic mass is 9.76. The first-order valence-corrected chi connectivity index (χ1v) is 9.27. The van der Waals surface area contributed by atoms with Crippen LogP contribution in [0, 0.1) is 11.8 Å². The van der Waals surface area contributed by atoms with Gasteiger partial charge in [0.1, 0.15) is 5.54 Å². The Hall–Kier alpha value is -2.29. The highest BCUT2D eigenvalue weighted by atomic mass is 16.7. The molecule has 2 heterocycles. The zero-order valence-corrected chi connectivity index (χ0v) is 16.5. The van der Waals surface area contributed by atoms with Crippen molar-refractivity contribution in [2.75, 3.05) is 27.9 Å². The SMILES string of the molecule is CCOC(=O)[C@]1(Cc2ccccc2)N[C@H](C(OC)OC)[C@@H]2C(=O)N(C)C(=O)[C@@H]21. The van der Waals surface area contributed by atoms with Gasteiger partial charge in [-0.2, -0.15) is 0 Å². The zero-order valence-electron chi connectivity index (χ0n) is 16.5. The van der Waals surface area contributed by atoms with E-state index in [1.54, 1.807) is 6.92 Å². The molecule has 3 rings (SSSR count). The fourth-order valence-electron chi connectivity index (χ4n) is 4.42. The van der Waals surface area contributed by atoms with Gasteiger partial charge < -0.3 is 14.2 Å². The number of likely N-dealkylation sites (tertiary alicyclic amines) is 1. The maximum atomic E-state index is 13.2. The van der Waals surface area contributed by atoms with E-state index >= 15 is 0 Å². The molecular weight excluding hydrogens is 364 g/mol. The Bertz CT molecular complexity index is 750. The molecule has 28 heavy (non-hydrogen) atoms. The average Bonchev–Trinajstić information content (AvgIpc) is 3.14. The van der Waals surface area contributed by atoms with Crippen LogP contribution in [0.3, 0.4) is 0 Å². The van der Waals surface area contributed by atoms with E-state index in [1.165, 1.54) is 21.3 Å². The van der Waals surface area contributed by atoms with Crippen LogP contribution in [0.1, 0.15) is 12.5 Å². The van der Waals surface area contributed by atoms with E-state index in [2.05, 4.69) is 5.32 Å². The number of esters is 1. The summed E-state index contributed by atoms with van der Waals surface area (Å²) in [5.74, 6) is -3.00. The Labute approximate surface area is 164 Å². The molecule has 1 aromatic carbocycles. The first-order valence-electron chi connectivity index (χ1n) is 9.27. The molecular formula is C20H26N2O6. The van der Waals surface area contributed by atoms with Crippen molar-refractivity contribution in [3.8, 4) is 0 Å². The first-order chi connectivity index (χ1) is 13.4. The van der Waals surface area contributed by atoms with E-state index in [9.17, 15) is 14.4 Å². The number of rotatable bonds is 7. The zero-order chi connectivity index (χ0) is 20.5. The number of amides is 2. The maximum Gasteiger partial charge on any atom is 0.327 e. The van der Waals surface area contributed by atoms with Crippen LogP contribution < -0.4 is 5.32 Å². The van der Waals surface area contributed by atoms with E-state index in [0.29, 0.717) is 0 Å². The largest absolute Gasteiger partial charge is 0.465 e. The van der Waals surface area contributed by atoms with Crippen molar-refractivity contribution < 1.29 is 28.6 Å². The number of carbonyl (C=O) groups is 3. The molecule has 0 radical (unpaired) electrons. The lowest BCUT2D eigenvalue weighted by molar-refractivity contribution is -0.158. The molecule has 152 valence electrons. The summed E-state index contributed by atoms with van der Waals surface area (Å²) in [5.41, 5.74) is -0.539. The van der Waals surface area contributed by atoms with Gasteiger partial charge in [-0.25, -0.2) is 0 Å². The molecule has 1 N–H and O–H groups in total. The lowest BCUT2D eigenvalue weighted by Crippen LogP contribution is -2.60. The molecule has 4 atom stereocenters. The van der Waals surface area contributed by atoms with Gasteiger partial charge in [0.15, 0.2) is 6.29 Å². The Kier molecular flexibility index (Phi) is 5.83. The normalized spacial score (nSPS) is 29.5. The second kappa shape index (κ2) is 7.98. The van der Waals surface area contributed by atoms with Gasteiger partial charge in [0.2, 0.25) is 11.8 Å². The van der Waals surface area contributed by atoms with Crippen molar-refractivity contribution in [2.24, 2.45) is 11.8 Å². The Morgan fingerprint density at radius 3 is 2.39 bits per heavy atom. The number of nitrogens with one attached hydrogen (secondary N) is 1. The van der Waals surface area contributed by atoms with E-state index in [1.807, 2.05) is 30.3 Å². The minimum absolute atomic E-state index is 0.162. The molecule has 0 aliphatic carbocycles. The van der Waals surface area contributed by atoms with Crippen LogP contribution in [0.4, 0.5) is 0 Å². The van der Waals surface area contributed by atoms with Crippen molar-refractivity contribution in [2.45, 2.75) is 31.2 Å². The third-order valence-corrected chi connectivity index (χ3v) is 5.64. The first kappa shape index (κ1) is 20.4.